The number of aryl methyl sites for hydroxylation is 1. The van der Waals surface area contributed by atoms with Crippen molar-refractivity contribution in [3.8, 4) is 10.6 Å². The normalized spacial score (nSPS) is 10.7. The highest BCUT2D eigenvalue weighted by Gasteiger charge is 2.14. The molecule has 0 saturated carbocycles. The van der Waals surface area contributed by atoms with Crippen LogP contribution in [-0.2, 0) is 0 Å². The third-order valence-corrected chi connectivity index (χ3v) is 6.14. The van der Waals surface area contributed by atoms with Crippen molar-refractivity contribution in [1.29, 1.82) is 0 Å². The molecular formula is C22H16BrN3OS2. The van der Waals surface area contributed by atoms with Crippen LogP contribution in [0.15, 0.2) is 71.2 Å². The first-order valence-corrected chi connectivity index (χ1v) is 10.9. The quantitative estimate of drug-likeness (QED) is 0.344. The number of benzene rings is 3. The number of thiocarbonyl (C=S) groups is 1. The van der Waals surface area contributed by atoms with Crippen molar-refractivity contribution in [3.05, 3.63) is 82.3 Å². The third-order valence-electron chi connectivity index (χ3n) is 4.37. The van der Waals surface area contributed by atoms with Gasteiger partial charge in [0.2, 0.25) is 0 Å². The Hall–Kier alpha value is -2.61. The maximum absolute atomic E-state index is 12.5. The molecule has 4 rings (SSSR count). The summed E-state index contributed by atoms with van der Waals surface area (Å²) in [5.74, 6) is -0.237. The van der Waals surface area contributed by atoms with E-state index in [1.165, 1.54) is 0 Å². The van der Waals surface area contributed by atoms with Crippen molar-refractivity contribution >= 4 is 66.4 Å². The highest BCUT2D eigenvalue weighted by atomic mass is 79.9. The topological polar surface area (TPSA) is 54.0 Å². The molecule has 0 saturated heterocycles. The molecule has 144 valence electrons. The predicted molar refractivity (Wildman–Crippen MR) is 128 cm³/mol. The number of hydrogen-bond donors (Lipinski definition) is 2. The maximum atomic E-state index is 12.5. The second kappa shape index (κ2) is 8.41. The SMILES string of the molecule is Cc1ccccc1C(=O)NC(=S)Nc1ccc(Br)cc1-c1nc2ccccc2s1. The fraction of sp³-hybridized carbons (Fsp3) is 0.0455. The summed E-state index contributed by atoms with van der Waals surface area (Å²) in [5, 5.41) is 7.02. The molecule has 0 unspecified atom stereocenters. The molecule has 0 radical (unpaired) electrons. The summed E-state index contributed by atoms with van der Waals surface area (Å²) in [4.78, 5) is 17.3. The summed E-state index contributed by atoms with van der Waals surface area (Å²) in [6.45, 7) is 1.89. The van der Waals surface area contributed by atoms with Gasteiger partial charge < -0.3 is 5.32 Å². The van der Waals surface area contributed by atoms with Crippen molar-refractivity contribution in [2.24, 2.45) is 0 Å². The molecule has 0 atom stereocenters. The number of hydrogen-bond acceptors (Lipinski definition) is 4. The van der Waals surface area contributed by atoms with Gasteiger partial charge in [-0.05, 0) is 61.1 Å². The molecular weight excluding hydrogens is 466 g/mol. The number of nitrogens with zero attached hydrogens (tertiary/aromatic N) is 1. The minimum atomic E-state index is -0.237. The number of halogens is 1. The summed E-state index contributed by atoms with van der Waals surface area (Å²) in [7, 11) is 0. The summed E-state index contributed by atoms with van der Waals surface area (Å²) in [6, 6.07) is 21.2. The second-order valence-electron chi connectivity index (χ2n) is 6.40. The van der Waals surface area contributed by atoms with Gasteiger partial charge in [-0.1, -0.05) is 46.3 Å². The molecule has 3 aromatic carbocycles. The minimum absolute atomic E-state index is 0.237. The van der Waals surface area contributed by atoms with Crippen LogP contribution in [0.4, 0.5) is 5.69 Å². The third kappa shape index (κ3) is 4.37. The van der Waals surface area contributed by atoms with Crippen molar-refractivity contribution in [2.45, 2.75) is 6.92 Å². The summed E-state index contributed by atoms with van der Waals surface area (Å²) in [6.07, 6.45) is 0. The van der Waals surface area contributed by atoms with Crippen LogP contribution in [0.2, 0.25) is 0 Å². The lowest BCUT2D eigenvalue weighted by Crippen LogP contribution is -2.34. The van der Waals surface area contributed by atoms with Crippen molar-refractivity contribution in [3.63, 3.8) is 0 Å². The van der Waals surface area contributed by atoms with Gasteiger partial charge >= 0.3 is 0 Å². The second-order valence-corrected chi connectivity index (χ2v) is 8.75. The largest absolute Gasteiger partial charge is 0.332 e. The Balaban J connectivity index is 1.60. The fourth-order valence-corrected chi connectivity index (χ4v) is 4.50. The van der Waals surface area contributed by atoms with E-state index >= 15 is 0 Å². The molecule has 29 heavy (non-hydrogen) atoms. The van der Waals surface area contributed by atoms with Gasteiger partial charge in [0.25, 0.3) is 5.91 Å². The van der Waals surface area contributed by atoms with Crippen LogP contribution in [0.5, 0.6) is 0 Å². The van der Waals surface area contributed by atoms with Crippen LogP contribution in [0.1, 0.15) is 15.9 Å². The van der Waals surface area contributed by atoms with E-state index < -0.39 is 0 Å². The highest BCUT2D eigenvalue weighted by Crippen LogP contribution is 2.36. The number of rotatable bonds is 3. The highest BCUT2D eigenvalue weighted by molar-refractivity contribution is 9.10. The molecule has 0 fully saturated rings. The van der Waals surface area contributed by atoms with E-state index in [4.69, 9.17) is 17.2 Å². The molecule has 7 heteroatoms. The Morgan fingerprint density at radius 2 is 1.83 bits per heavy atom. The van der Waals surface area contributed by atoms with Crippen LogP contribution in [0.25, 0.3) is 20.8 Å². The molecule has 0 spiro atoms. The summed E-state index contributed by atoms with van der Waals surface area (Å²) < 4.78 is 2.05. The number of fused-ring (bicyclic) bond motifs is 1. The maximum Gasteiger partial charge on any atom is 0.257 e. The molecule has 0 aliphatic rings. The number of carbonyl (C=O) groups is 1. The molecule has 2 N–H and O–H groups in total. The lowest BCUT2D eigenvalue weighted by Gasteiger charge is -2.13. The number of aromatic nitrogens is 1. The zero-order valence-electron chi connectivity index (χ0n) is 15.4. The van der Waals surface area contributed by atoms with E-state index in [0.29, 0.717) is 5.56 Å². The van der Waals surface area contributed by atoms with E-state index in [2.05, 4.69) is 32.6 Å². The van der Waals surface area contributed by atoms with Crippen molar-refractivity contribution < 1.29 is 4.79 Å². The van der Waals surface area contributed by atoms with E-state index in [1.54, 1.807) is 17.4 Å². The smallest absolute Gasteiger partial charge is 0.257 e. The molecule has 4 nitrogen and oxygen atoms in total. The van der Waals surface area contributed by atoms with Crippen LogP contribution in [0, 0.1) is 6.92 Å². The standard InChI is InChI=1S/C22H16BrN3OS2/c1-13-6-2-3-7-15(13)20(27)26-22(28)25-17-11-10-14(23)12-16(17)21-24-18-8-4-5-9-19(18)29-21/h2-12H,1H3,(H2,25,26,27,28). The van der Waals surface area contributed by atoms with Gasteiger partial charge in [-0.3, -0.25) is 10.1 Å². The zero-order valence-corrected chi connectivity index (χ0v) is 18.6. The van der Waals surface area contributed by atoms with Gasteiger partial charge in [-0.2, -0.15) is 0 Å². The Morgan fingerprint density at radius 1 is 1.07 bits per heavy atom. The molecule has 1 heterocycles. The van der Waals surface area contributed by atoms with E-state index in [9.17, 15) is 4.79 Å². The Kier molecular flexibility index (Phi) is 5.71. The molecule has 0 aliphatic heterocycles. The minimum Gasteiger partial charge on any atom is -0.332 e. The first-order valence-electron chi connectivity index (χ1n) is 8.85. The van der Waals surface area contributed by atoms with Crippen LogP contribution in [0.3, 0.4) is 0 Å². The number of thiazole rings is 1. The van der Waals surface area contributed by atoms with E-state index in [-0.39, 0.29) is 11.0 Å². The number of nitrogens with one attached hydrogen (secondary N) is 2. The van der Waals surface area contributed by atoms with Gasteiger partial charge in [0, 0.05) is 15.6 Å². The molecule has 1 amide bonds. The predicted octanol–water partition coefficient (Wildman–Crippen LogP) is 6.16. The number of para-hydroxylation sites is 1. The fourth-order valence-electron chi connectivity index (χ4n) is 2.94. The number of amides is 1. The monoisotopic (exact) mass is 481 g/mol. The number of anilines is 1. The Morgan fingerprint density at radius 3 is 2.62 bits per heavy atom. The Bertz CT molecular complexity index is 1200. The van der Waals surface area contributed by atoms with Gasteiger partial charge in [-0.15, -0.1) is 11.3 Å². The van der Waals surface area contributed by atoms with Crippen LogP contribution >= 0.6 is 39.5 Å². The zero-order chi connectivity index (χ0) is 20.4. The van der Waals surface area contributed by atoms with Gasteiger partial charge in [-0.25, -0.2) is 4.98 Å². The van der Waals surface area contributed by atoms with Crippen LogP contribution in [-0.4, -0.2) is 16.0 Å². The lowest BCUT2D eigenvalue weighted by molar-refractivity contribution is 0.0977. The number of carbonyl (C=O) groups excluding carboxylic acids is 1. The van der Waals surface area contributed by atoms with Crippen molar-refractivity contribution in [2.75, 3.05) is 5.32 Å². The van der Waals surface area contributed by atoms with Crippen LogP contribution < -0.4 is 10.6 Å². The van der Waals surface area contributed by atoms with Gasteiger partial charge in [0.15, 0.2) is 5.11 Å². The van der Waals surface area contributed by atoms with E-state index in [1.807, 2.05) is 61.5 Å². The molecule has 0 bridgehead atoms. The first kappa shape index (κ1) is 19.7. The average molecular weight is 482 g/mol. The Labute approximate surface area is 186 Å². The average Bonchev–Trinajstić information content (AvgIpc) is 3.13. The summed E-state index contributed by atoms with van der Waals surface area (Å²) >= 11 is 10.5. The van der Waals surface area contributed by atoms with Gasteiger partial charge in [0.1, 0.15) is 5.01 Å². The molecule has 1 aromatic heterocycles. The van der Waals surface area contributed by atoms with Crippen molar-refractivity contribution in [1.82, 2.24) is 10.3 Å². The molecule has 0 aliphatic carbocycles. The molecule has 4 aromatic rings. The first-order chi connectivity index (χ1) is 14.0. The van der Waals surface area contributed by atoms with E-state index in [0.717, 1.165) is 36.5 Å². The summed E-state index contributed by atoms with van der Waals surface area (Å²) in [5.41, 5.74) is 4.13. The van der Waals surface area contributed by atoms with Gasteiger partial charge in [0.05, 0.1) is 15.9 Å². The lowest BCUT2D eigenvalue weighted by atomic mass is 10.1.